The quantitative estimate of drug-likeness (QED) is 0.338. The van der Waals surface area contributed by atoms with Crippen LogP contribution in [0.25, 0.3) is 56.1 Å². The van der Waals surface area contributed by atoms with Gasteiger partial charge in [0.1, 0.15) is 16.9 Å². The number of imidazole rings is 1. The molecular weight excluding hydrogens is 467 g/mol. The average Bonchev–Trinajstić information content (AvgIpc) is 3.68. The van der Waals surface area contributed by atoms with Crippen LogP contribution in [0.4, 0.5) is 4.39 Å². The van der Waals surface area contributed by atoms with Crippen LogP contribution < -0.4 is 0 Å². The highest BCUT2D eigenvalue weighted by Gasteiger charge is 2.18. The summed E-state index contributed by atoms with van der Waals surface area (Å²) in [6, 6.07) is 14.2. The Bertz CT molecular complexity index is 1730. The molecular formula is C28H23FN8. The molecule has 0 bridgehead atoms. The fourth-order valence-electron chi connectivity index (χ4n) is 5.00. The summed E-state index contributed by atoms with van der Waals surface area (Å²) in [4.78, 5) is 24.6. The largest absolute Gasteiger partial charge is 0.336 e. The van der Waals surface area contributed by atoms with Crippen molar-refractivity contribution in [3.63, 3.8) is 0 Å². The molecule has 0 spiro atoms. The van der Waals surface area contributed by atoms with Gasteiger partial charge in [-0.1, -0.05) is 0 Å². The summed E-state index contributed by atoms with van der Waals surface area (Å²) in [6.45, 7) is 3.19. The minimum absolute atomic E-state index is 0.291. The number of nitrogens with zero attached hydrogens (tertiary/aromatic N) is 6. The Balaban J connectivity index is 1.27. The number of halogens is 1. The first-order valence-corrected chi connectivity index (χ1v) is 12.3. The van der Waals surface area contributed by atoms with Crippen LogP contribution in [-0.4, -0.2) is 53.1 Å². The summed E-state index contributed by atoms with van der Waals surface area (Å²) in [6.07, 6.45) is 8.02. The molecule has 2 N–H and O–H groups in total. The normalized spacial score (nSPS) is 14.2. The molecule has 1 aliphatic rings. The van der Waals surface area contributed by atoms with Crippen LogP contribution in [0, 0.1) is 5.82 Å². The van der Waals surface area contributed by atoms with E-state index in [1.54, 1.807) is 18.3 Å². The van der Waals surface area contributed by atoms with Crippen LogP contribution in [0.3, 0.4) is 0 Å². The molecule has 37 heavy (non-hydrogen) atoms. The second kappa shape index (κ2) is 8.86. The highest BCUT2D eigenvalue weighted by Crippen LogP contribution is 2.31. The average molecular weight is 491 g/mol. The molecule has 0 unspecified atom stereocenters. The summed E-state index contributed by atoms with van der Waals surface area (Å²) in [5, 5.41) is 7.59. The lowest BCUT2D eigenvalue weighted by Gasteiger charge is -2.14. The first-order chi connectivity index (χ1) is 18.2. The molecule has 182 valence electrons. The van der Waals surface area contributed by atoms with Gasteiger partial charge in [-0.3, -0.25) is 20.0 Å². The predicted octanol–water partition coefficient (Wildman–Crippen LogP) is 5.36. The van der Waals surface area contributed by atoms with Crippen LogP contribution in [-0.2, 0) is 6.54 Å². The molecule has 1 aromatic carbocycles. The van der Waals surface area contributed by atoms with Crippen molar-refractivity contribution in [2.75, 3.05) is 13.1 Å². The van der Waals surface area contributed by atoms with Crippen LogP contribution in [0.5, 0.6) is 0 Å². The summed E-state index contributed by atoms with van der Waals surface area (Å²) < 4.78 is 13.5. The lowest BCUT2D eigenvalue weighted by atomic mass is 10.1. The fourth-order valence-corrected chi connectivity index (χ4v) is 5.00. The van der Waals surface area contributed by atoms with Crippen molar-refractivity contribution in [1.29, 1.82) is 0 Å². The zero-order chi connectivity index (χ0) is 24.8. The second-order valence-electron chi connectivity index (χ2n) is 9.38. The zero-order valence-electron chi connectivity index (χ0n) is 19.9. The van der Waals surface area contributed by atoms with E-state index in [1.807, 2.05) is 30.6 Å². The van der Waals surface area contributed by atoms with Gasteiger partial charge < -0.3 is 4.98 Å². The standard InChI is InChI=1S/C28H23FN8/c29-20-5-3-18(4-6-20)24-25-22(9-10-31-24)33-28(34-25)27-26-23(35-36-27)8-7-21(32-26)19-13-17(14-30-15-19)16-37-11-1-2-12-37/h3-10,13-15H,1-2,11-12,16H2,(H,33,34)(H,35,36). The Kier molecular flexibility index (Phi) is 5.21. The Labute approximate surface area is 211 Å². The van der Waals surface area contributed by atoms with Gasteiger partial charge in [-0.25, -0.2) is 14.4 Å². The van der Waals surface area contributed by atoms with Gasteiger partial charge in [-0.05, 0) is 80.0 Å². The molecule has 7 rings (SSSR count). The van der Waals surface area contributed by atoms with E-state index in [4.69, 9.17) is 9.97 Å². The third-order valence-electron chi connectivity index (χ3n) is 6.85. The number of H-pyrrole nitrogens is 2. The number of hydrogen-bond donors (Lipinski definition) is 2. The van der Waals surface area contributed by atoms with Gasteiger partial charge in [0.15, 0.2) is 11.5 Å². The highest BCUT2D eigenvalue weighted by molar-refractivity contribution is 5.95. The maximum Gasteiger partial charge on any atom is 0.161 e. The van der Waals surface area contributed by atoms with Crippen molar-refractivity contribution < 1.29 is 4.39 Å². The monoisotopic (exact) mass is 490 g/mol. The third kappa shape index (κ3) is 4.03. The molecule has 0 amide bonds. The smallest absolute Gasteiger partial charge is 0.161 e. The van der Waals surface area contributed by atoms with E-state index < -0.39 is 0 Å². The van der Waals surface area contributed by atoms with Crippen molar-refractivity contribution in [2.45, 2.75) is 19.4 Å². The molecule has 0 saturated carbocycles. The fraction of sp³-hybridized carbons (Fsp3) is 0.179. The molecule has 6 heterocycles. The molecule has 6 aromatic rings. The van der Waals surface area contributed by atoms with Gasteiger partial charge in [0, 0.05) is 36.3 Å². The number of fused-ring (bicyclic) bond motifs is 2. The van der Waals surface area contributed by atoms with E-state index in [9.17, 15) is 4.39 Å². The van der Waals surface area contributed by atoms with Crippen LogP contribution in [0.15, 0.2) is 67.1 Å². The lowest BCUT2D eigenvalue weighted by molar-refractivity contribution is 0.331. The van der Waals surface area contributed by atoms with Gasteiger partial charge in [-0.2, -0.15) is 5.10 Å². The highest BCUT2D eigenvalue weighted by atomic mass is 19.1. The Morgan fingerprint density at radius 3 is 2.54 bits per heavy atom. The van der Waals surface area contributed by atoms with E-state index in [0.717, 1.165) is 53.0 Å². The number of pyridine rings is 3. The van der Waals surface area contributed by atoms with Gasteiger partial charge in [-0.15, -0.1) is 0 Å². The molecule has 1 saturated heterocycles. The summed E-state index contributed by atoms with van der Waals surface area (Å²) >= 11 is 0. The van der Waals surface area contributed by atoms with Crippen LogP contribution >= 0.6 is 0 Å². The number of nitrogens with one attached hydrogen (secondary N) is 2. The number of aromatic amines is 2. The maximum atomic E-state index is 13.5. The van der Waals surface area contributed by atoms with E-state index in [1.165, 1.54) is 30.5 Å². The molecule has 0 aliphatic carbocycles. The number of likely N-dealkylation sites (tertiary alicyclic amines) is 1. The Hall–Kier alpha value is -4.50. The van der Waals surface area contributed by atoms with Crippen molar-refractivity contribution in [3.05, 3.63) is 78.5 Å². The van der Waals surface area contributed by atoms with Gasteiger partial charge in [0.2, 0.25) is 0 Å². The number of benzene rings is 1. The zero-order valence-corrected chi connectivity index (χ0v) is 19.9. The van der Waals surface area contributed by atoms with E-state index in [-0.39, 0.29) is 5.82 Å². The van der Waals surface area contributed by atoms with Crippen LogP contribution in [0.1, 0.15) is 18.4 Å². The summed E-state index contributed by atoms with van der Waals surface area (Å²) in [5.41, 5.74) is 8.12. The maximum absolute atomic E-state index is 13.5. The summed E-state index contributed by atoms with van der Waals surface area (Å²) in [5.74, 6) is 0.295. The molecule has 9 heteroatoms. The topological polar surface area (TPSA) is 99.3 Å². The van der Waals surface area contributed by atoms with Gasteiger partial charge in [0.25, 0.3) is 0 Å². The number of hydrogen-bond acceptors (Lipinski definition) is 6. The predicted molar refractivity (Wildman–Crippen MR) is 140 cm³/mol. The minimum Gasteiger partial charge on any atom is -0.336 e. The van der Waals surface area contributed by atoms with Crippen molar-refractivity contribution in [3.8, 4) is 34.0 Å². The van der Waals surface area contributed by atoms with E-state index >= 15 is 0 Å². The molecule has 0 atom stereocenters. The van der Waals surface area contributed by atoms with E-state index in [0.29, 0.717) is 22.7 Å². The molecule has 5 aromatic heterocycles. The SMILES string of the molecule is Fc1ccc(-c2nccc3[nH]c(-c4n[nH]c5ccc(-c6cncc(CN7CCCC7)c6)nc45)nc23)cc1. The molecule has 0 radical (unpaired) electrons. The van der Waals surface area contributed by atoms with Gasteiger partial charge in [0.05, 0.1) is 22.4 Å². The Morgan fingerprint density at radius 1 is 0.838 bits per heavy atom. The number of rotatable bonds is 5. The second-order valence-corrected chi connectivity index (χ2v) is 9.38. The third-order valence-corrected chi connectivity index (χ3v) is 6.85. The van der Waals surface area contributed by atoms with E-state index in [2.05, 4.69) is 36.1 Å². The first-order valence-electron chi connectivity index (χ1n) is 12.3. The molecule has 1 aliphatic heterocycles. The van der Waals surface area contributed by atoms with Crippen molar-refractivity contribution >= 4 is 22.1 Å². The number of aromatic nitrogens is 7. The Morgan fingerprint density at radius 2 is 1.68 bits per heavy atom. The van der Waals surface area contributed by atoms with Crippen molar-refractivity contribution in [2.24, 2.45) is 0 Å². The van der Waals surface area contributed by atoms with Crippen LogP contribution in [0.2, 0.25) is 0 Å². The lowest BCUT2D eigenvalue weighted by Crippen LogP contribution is -2.18. The first kappa shape index (κ1) is 21.8. The molecule has 1 fully saturated rings. The minimum atomic E-state index is -0.291. The molecule has 8 nitrogen and oxygen atoms in total. The summed E-state index contributed by atoms with van der Waals surface area (Å²) in [7, 11) is 0. The van der Waals surface area contributed by atoms with Gasteiger partial charge >= 0.3 is 0 Å². The van der Waals surface area contributed by atoms with Crippen molar-refractivity contribution in [1.82, 2.24) is 40.0 Å².